The number of thiazole rings is 1. The SMILES string of the molecule is CC(C)(C)c1ccc(NC(=O)ON2CCC3(CC2)CC(c2nccs2)=NO3)cc1. The Labute approximate surface area is 174 Å². The predicted octanol–water partition coefficient (Wildman–Crippen LogP) is 4.56. The number of amides is 1. The lowest BCUT2D eigenvalue weighted by molar-refractivity contribution is -0.154. The summed E-state index contributed by atoms with van der Waals surface area (Å²) < 4.78 is 0. The summed E-state index contributed by atoms with van der Waals surface area (Å²) >= 11 is 1.57. The van der Waals surface area contributed by atoms with Crippen molar-refractivity contribution in [1.29, 1.82) is 0 Å². The number of hydrogen-bond acceptors (Lipinski definition) is 7. The van der Waals surface area contributed by atoms with E-state index in [1.54, 1.807) is 22.6 Å². The second-order valence-corrected chi connectivity index (χ2v) is 9.48. The second-order valence-electron chi connectivity index (χ2n) is 8.59. The number of nitrogens with zero attached hydrogens (tertiary/aromatic N) is 3. The van der Waals surface area contributed by atoms with E-state index in [0.29, 0.717) is 13.1 Å². The number of nitrogens with one attached hydrogen (secondary N) is 1. The van der Waals surface area contributed by atoms with Crippen molar-refractivity contribution in [3.63, 3.8) is 0 Å². The number of oxime groups is 1. The van der Waals surface area contributed by atoms with E-state index in [0.717, 1.165) is 35.7 Å². The summed E-state index contributed by atoms with van der Waals surface area (Å²) in [5, 5.41) is 11.6. The number of hydroxylamine groups is 2. The van der Waals surface area contributed by atoms with Gasteiger partial charge < -0.3 is 9.68 Å². The summed E-state index contributed by atoms with van der Waals surface area (Å²) in [4.78, 5) is 27.8. The Balaban J connectivity index is 1.25. The van der Waals surface area contributed by atoms with Crippen LogP contribution in [0.2, 0.25) is 0 Å². The lowest BCUT2D eigenvalue weighted by Gasteiger charge is -2.35. The summed E-state index contributed by atoms with van der Waals surface area (Å²) in [6, 6.07) is 7.85. The lowest BCUT2D eigenvalue weighted by Crippen LogP contribution is -2.45. The number of carbonyl (C=O) groups is 1. The van der Waals surface area contributed by atoms with E-state index >= 15 is 0 Å². The van der Waals surface area contributed by atoms with Crippen molar-refractivity contribution in [1.82, 2.24) is 10.0 Å². The third-order valence-corrected chi connectivity index (χ3v) is 6.18. The highest BCUT2D eigenvalue weighted by Crippen LogP contribution is 2.36. The summed E-state index contributed by atoms with van der Waals surface area (Å²) in [7, 11) is 0. The Kier molecular flexibility index (Phi) is 5.31. The summed E-state index contributed by atoms with van der Waals surface area (Å²) in [6.07, 6.45) is 3.55. The zero-order valence-electron chi connectivity index (χ0n) is 17.0. The minimum Gasteiger partial charge on any atom is -0.388 e. The van der Waals surface area contributed by atoms with Crippen molar-refractivity contribution < 1.29 is 14.5 Å². The van der Waals surface area contributed by atoms with Crippen LogP contribution < -0.4 is 5.32 Å². The van der Waals surface area contributed by atoms with Crippen molar-refractivity contribution in [2.75, 3.05) is 18.4 Å². The lowest BCUT2D eigenvalue weighted by atomic mass is 9.87. The van der Waals surface area contributed by atoms with Gasteiger partial charge >= 0.3 is 6.09 Å². The van der Waals surface area contributed by atoms with E-state index in [1.807, 2.05) is 29.6 Å². The molecule has 1 N–H and O–H groups in total. The zero-order chi connectivity index (χ0) is 20.5. The van der Waals surface area contributed by atoms with Gasteiger partial charge in [-0.25, -0.2) is 9.78 Å². The third kappa shape index (κ3) is 4.59. The highest BCUT2D eigenvalue weighted by atomic mass is 32.1. The molecule has 1 spiro atoms. The van der Waals surface area contributed by atoms with Crippen LogP contribution in [0, 0.1) is 0 Å². The molecule has 0 bridgehead atoms. The van der Waals surface area contributed by atoms with Crippen LogP contribution in [0.15, 0.2) is 41.0 Å². The molecule has 2 aliphatic rings. The number of aromatic nitrogens is 1. The molecular formula is C21H26N4O3S. The minimum atomic E-state index is -0.475. The van der Waals surface area contributed by atoms with Crippen molar-refractivity contribution in [2.45, 2.75) is 51.0 Å². The molecule has 3 heterocycles. The first kappa shape index (κ1) is 19.8. The molecule has 0 saturated carbocycles. The van der Waals surface area contributed by atoms with Gasteiger partial charge in [-0.15, -0.1) is 16.4 Å². The molecule has 4 rings (SSSR count). The average molecular weight is 415 g/mol. The fourth-order valence-electron chi connectivity index (χ4n) is 3.57. The Morgan fingerprint density at radius 1 is 1.24 bits per heavy atom. The number of anilines is 1. The molecule has 2 aromatic rings. The van der Waals surface area contributed by atoms with Crippen LogP contribution in [0.25, 0.3) is 0 Å². The molecular weight excluding hydrogens is 388 g/mol. The highest BCUT2D eigenvalue weighted by molar-refractivity contribution is 7.11. The molecule has 0 radical (unpaired) electrons. The molecule has 7 nitrogen and oxygen atoms in total. The first-order valence-corrected chi connectivity index (χ1v) is 10.7. The highest BCUT2D eigenvalue weighted by Gasteiger charge is 2.43. The molecule has 1 fully saturated rings. The van der Waals surface area contributed by atoms with Gasteiger partial charge in [0, 0.05) is 49.6 Å². The van der Waals surface area contributed by atoms with Gasteiger partial charge in [-0.3, -0.25) is 5.32 Å². The van der Waals surface area contributed by atoms with Gasteiger partial charge in [-0.1, -0.05) is 38.1 Å². The van der Waals surface area contributed by atoms with Crippen molar-refractivity contribution in [3.8, 4) is 0 Å². The van der Waals surface area contributed by atoms with Gasteiger partial charge in [0.2, 0.25) is 0 Å². The number of benzene rings is 1. The fourth-order valence-corrected chi connectivity index (χ4v) is 4.18. The third-order valence-electron chi connectivity index (χ3n) is 5.36. The van der Waals surface area contributed by atoms with E-state index < -0.39 is 6.09 Å². The topological polar surface area (TPSA) is 76.0 Å². The largest absolute Gasteiger partial charge is 0.430 e. The fraction of sp³-hybridized carbons (Fsp3) is 0.476. The van der Waals surface area contributed by atoms with Crippen LogP contribution in [0.5, 0.6) is 0 Å². The summed E-state index contributed by atoms with van der Waals surface area (Å²) in [5.41, 5.74) is 2.62. The molecule has 0 atom stereocenters. The van der Waals surface area contributed by atoms with Gasteiger partial charge in [0.15, 0.2) is 0 Å². The Hall–Kier alpha value is -2.45. The molecule has 8 heteroatoms. The first-order chi connectivity index (χ1) is 13.8. The number of rotatable bonds is 3. The minimum absolute atomic E-state index is 0.0776. The van der Waals surface area contributed by atoms with Gasteiger partial charge in [0.05, 0.1) is 0 Å². The first-order valence-electron chi connectivity index (χ1n) is 9.82. The quantitative estimate of drug-likeness (QED) is 0.797. The van der Waals surface area contributed by atoms with Crippen LogP contribution in [0.3, 0.4) is 0 Å². The van der Waals surface area contributed by atoms with Gasteiger partial charge in [0.25, 0.3) is 0 Å². The standard InChI is InChI=1S/C21H26N4O3S/c1-20(2,3)15-4-6-16(7-5-15)23-19(26)27-25-11-8-21(9-12-25)14-17(24-28-21)18-22-10-13-29-18/h4-7,10,13H,8-9,11-12,14H2,1-3H3,(H,23,26). The maximum atomic E-state index is 12.2. The Morgan fingerprint density at radius 2 is 1.97 bits per heavy atom. The van der Waals surface area contributed by atoms with E-state index in [4.69, 9.17) is 9.68 Å². The van der Waals surface area contributed by atoms with E-state index in [1.165, 1.54) is 5.56 Å². The van der Waals surface area contributed by atoms with E-state index in [9.17, 15) is 4.79 Å². The smallest absolute Gasteiger partial charge is 0.388 e. The predicted molar refractivity (Wildman–Crippen MR) is 113 cm³/mol. The van der Waals surface area contributed by atoms with Gasteiger partial charge in [0.1, 0.15) is 16.3 Å². The van der Waals surface area contributed by atoms with Crippen molar-refractivity contribution in [3.05, 3.63) is 46.4 Å². The Bertz CT molecular complexity index is 880. The monoisotopic (exact) mass is 414 g/mol. The molecule has 0 unspecified atom stereocenters. The van der Waals surface area contributed by atoms with Crippen LogP contribution >= 0.6 is 11.3 Å². The molecule has 154 valence electrons. The molecule has 29 heavy (non-hydrogen) atoms. The molecule has 1 amide bonds. The maximum Gasteiger partial charge on any atom is 0.430 e. The van der Waals surface area contributed by atoms with E-state index in [2.05, 4.69) is 36.2 Å². The number of piperidine rings is 1. The van der Waals surface area contributed by atoms with Gasteiger partial charge in [-0.05, 0) is 23.1 Å². The number of carbonyl (C=O) groups excluding carboxylic acids is 1. The molecule has 0 aliphatic carbocycles. The van der Waals surface area contributed by atoms with Crippen LogP contribution in [-0.4, -0.2) is 40.5 Å². The summed E-state index contributed by atoms with van der Waals surface area (Å²) in [6.45, 7) is 7.69. The average Bonchev–Trinajstić information content (AvgIpc) is 3.34. The maximum absolute atomic E-state index is 12.2. The van der Waals surface area contributed by atoms with E-state index in [-0.39, 0.29) is 11.0 Å². The van der Waals surface area contributed by atoms with Crippen LogP contribution in [0.1, 0.15) is 50.6 Å². The van der Waals surface area contributed by atoms with Crippen LogP contribution in [-0.2, 0) is 15.1 Å². The number of hydrogen-bond donors (Lipinski definition) is 1. The molecule has 2 aliphatic heterocycles. The molecule has 1 aromatic carbocycles. The zero-order valence-corrected chi connectivity index (χ0v) is 17.8. The van der Waals surface area contributed by atoms with Crippen molar-refractivity contribution >= 4 is 28.8 Å². The van der Waals surface area contributed by atoms with Gasteiger partial charge in [-0.2, -0.15) is 0 Å². The molecule has 1 aromatic heterocycles. The molecule has 1 saturated heterocycles. The summed E-state index contributed by atoms with van der Waals surface area (Å²) in [5.74, 6) is 0. The Morgan fingerprint density at radius 3 is 2.59 bits per heavy atom. The normalized spacial score (nSPS) is 18.9. The second kappa shape index (κ2) is 7.76. The van der Waals surface area contributed by atoms with Crippen LogP contribution in [0.4, 0.5) is 10.5 Å². The van der Waals surface area contributed by atoms with Crippen molar-refractivity contribution in [2.24, 2.45) is 5.16 Å².